The van der Waals surface area contributed by atoms with Crippen LogP contribution < -0.4 is 10.1 Å². The Morgan fingerprint density at radius 2 is 2.06 bits per heavy atom. The molecule has 1 N–H and O–H groups in total. The summed E-state index contributed by atoms with van der Waals surface area (Å²) in [6, 6.07) is 8.45. The summed E-state index contributed by atoms with van der Waals surface area (Å²) in [4.78, 5) is 3.88. The molecular formula is C13H17N3O2. The summed E-state index contributed by atoms with van der Waals surface area (Å²) < 4.78 is 10.2. The first-order valence-corrected chi connectivity index (χ1v) is 5.94. The first kappa shape index (κ1) is 12.6. The maximum absolute atomic E-state index is 5.53. The van der Waals surface area contributed by atoms with Gasteiger partial charge in [-0.2, -0.15) is 4.98 Å². The van der Waals surface area contributed by atoms with E-state index >= 15 is 0 Å². The largest absolute Gasteiger partial charge is 0.485 e. The normalized spacial score (nSPS) is 10.8. The van der Waals surface area contributed by atoms with Gasteiger partial charge in [-0.25, -0.2) is 0 Å². The number of rotatable bonds is 6. The van der Waals surface area contributed by atoms with E-state index in [1.54, 1.807) is 0 Å². The fraction of sp³-hybridized carbons (Fsp3) is 0.385. The fourth-order valence-corrected chi connectivity index (χ4v) is 1.43. The number of nitrogens with zero attached hydrogens (tertiary/aromatic N) is 2. The van der Waals surface area contributed by atoms with Crippen molar-refractivity contribution in [3.05, 3.63) is 42.0 Å². The minimum absolute atomic E-state index is 0.320. The summed E-state index contributed by atoms with van der Waals surface area (Å²) in [5, 5.41) is 7.04. The van der Waals surface area contributed by atoms with Crippen molar-refractivity contribution in [1.82, 2.24) is 15.5 Å². The van der Waals surface area contributed by atoms with E-state index in [9.17, 15) is 0 Å². The van der Waals surface area contributed by atoms with Gasteiger partial charge in [0.05, 0.1) is 0 Å². The topological polar surface area (TPSA) is 60.2 Å². The third-order valence-electron chi connectivity index (χ3n) is 2.41. The van der Waals surface area contributed by atoms with Gasteiger partial charge in [-0.3, -0.25) is 0 Å². The van der Waals surface area contributed by atoms with Gasteiger partial charge in [0, 0.05) is 12.6 Å². The minimum atomic E-state index is 0.320. The highest BCUT2D eigenvalue weighted by Gasteiger charge is 2.00. The summed E-state index contributed by atoms with van der Waals surface area (Å²) in [5.74, 6) is 1.34. The van der Waals surface area contributed by atoms with E-state index in [4.69, 9.17) is 4.74 Å². The van der Waals surface area contributed by atoms with Crippen molar-refractivity contribution in [3.8, 4) is 5.75 Å². The van der Waals surface area contributed by atoms with Crippen LogP contribution in [0.1, 0.15) is 25.2 Å². The van der Waals surface area contributed by atoms with Crippen LogP contribution in [-0.2, 0) is 13.2 Å². The van der Waals surface area contributed by atoms with E-state index in [0.29, 0.717) is 18.5 Å². The zero-order chi connectivity index (χ0) is 12.8. The summed E-state index contributed by atoms with van der Waals surface area (Å²) in [5.41, 5.74) is 1.23. The zero-order valence-electron chi connectivity index (χ0n) is 10.6. The van der Waals surface area contributed by atoms with Gasteiger partial charge in [-0.05, 0) is 17.7 Å². The Morgan fingerprint density at radius 1 is 1.28 bits per heavy atom. The van der Waals surface area contributed by atoms with E-state index < -0.39 is 0 Å². The number of aromatic nitrogens is 2. The van der Waals surface area contributed by atoms with E-state index in [1.165, 1.54) is 12.0 Å². The van der Waals surface area contributed by atoms with Gasteiger partial charge in [-0.1, -0.05) is 31.1 Å². The second-order valence-electron chi connectivity index (χ2n) is 4.32. The Morgan fingerprint density at radius 3 is 2.67 bits per heavy atom. The Hall–Kier alpha value is -1.88. The lowest BCUT2D eigenvalue weighted by atomic mass is 10.2. The van der Waals surface area contributed by atoms with E-state index in [-0.39, 0.29) is 0 Å². The minimum Gasteiger partial charge on any atom is -0.485 e. The third kappa shape index (κ3) is 3.85. The van der Waals surface area contributed by atoms with Crippen molar-refractivity contribution >= 4 is 0 Å². The molecule has 5 nitrogen and oxygen atoms in total. The second kappa shape index (κ2) is 6.16. The van der Waals surface area contributed by atoms with Crippen LogP contribution in [0.15, 0.2) is 35.2 Å². The molecule has 1 aromatic heterocycles. The SMILES string of the molecule is CC(C)NCc1ccc(OCc2ncon2)cc1. The number of hydrogen-bond donors (Lipinski definition) is 1. The zero-order valence-corrected chi connectivity index (χ0v) is 10.6. The van der Waals surface area contributed by atoms with Crippen LogP contribution in [0, 0.1) is 0 Å². The molecule has 0 radical (unpaired) electrons. The number of hydrogen-bond acceptors (Lipinski definition) is 5. The monoisotopic (exact) mass is 247 g/mol. The lowest BCUT2D eigenvalue weighted by molar-refractivity contribution is 0.286. The fourth-order valence-electron chi connectivity index (χ4n) is 1.43. The highest BCUT2D eigenvalue weighted by Crippen LogP contribution is 2.13. The standard InChI is InChI=1S/C13H17N3O2/c1-10(2)14-7-11-3-5-12(6-4-11)17-8-13-15-9-18-16-13/h3-6,9-10,14H,7-8H2,1-2H3. The molecule has 0 atom stereocenters. The molecule has 0 aliphatic rings. The summed E-state index contributed by atoms with van der Waals surface area (Å²) >= 11 is 0. The molecule has 0 aliphatic carbocycles. The molecule has 0 unspecified atom stereocenters. The van der Waals surface area contributed by atoms with Crippen LogP contribution in [0.2, 0.25) is 0 Å². The van der Waals surface area contributed by atoms with Crippen LogP contribution in [0.3, 0.4) is 0 Å². The van der Waals surface area contributed by atoms with E-state index in [2.05, 4.69) is 33.8 Å². The van der Waals surface area contributed by atoms with Gasteiger partial charge in [0.25, 0.3) is 0 Å². The predicted molar refractivity (Wildman–Crippen MR) is 67.0 cm³/mol. The lowest BCUT2D eigenvalue weighted by Crippen LogP contribution is -2.21. The molecule has 1 heterocycles. The summed E-state index contributed by atoms with van der Waals surface area (Å²) in [6.07, 6.45) is 1.29. The molecule has 2 rings (SSSR count). The number of ether oxygens (including phenoxy) is 1. The molecule has 0 fully saturated rings. The quantitative estimate of drug-likeness (QED) is 0.847. The molecule has 0 bridgehead atoms. The van der Waals surface area contributed by atoms with Gasteiger partial charge in [-0.15, -0.1) is 0 Å². The van der Waals surface area contributed by atoms with Crippen molar-refractivity contribution in [2.45, 2.75) is 33.0 Å². The van der Waals surface area contributed by atoms with Gasteiger partial charge >= 0.3 is 0 Å². The second-order valence-corrected chi connectivity index (χ2v) is 4.32. The molecule has 0 amide bonds. The first-order valence-electron chi connectivity index (χ1n) is 5.94. The molecular weight excluding hydrogens is 230 g/mol. The molecule has 2 aromatic rings. The molecule has 5 heteroatoms. The van der Waals surface area contributed by atoms with Crippen molar-refractivity contribution in [2.75, 3.05) is 0 Å². The Kier molecular flexibility index (Phi) is 4.30. The molecule has 18 heavy (non-hydrogen) atoms. The smallest absolute Gasteiger partial charge is 0.213 e. The van der Waals surface area contributed by atoms with Crippen LogP contribution in [0.5, 0.6) is 5.75 Å². The Bertz CT molecular complexity index is 452. The maximum Gasteiger partial charge on any atom is 0.213 e. The van der Waals surface area contributed by atoms with Crippen molar-refractivity contribution in [3.63, 3.8) is 0 Å². The third-order valence-corrected chi connectivity index (χ3v) is 2.41. The average Bonchev–Trinajstić information content (AvgIpc) is 2.88. The summed E-state index contributed by atoms with van der Waals surface area (Å²) in [7, 11) is 0. The molecule has 1 aromatic carbocycles. The van der Waals surface area contributed by atoms with E-state index in [1.807, 2.05) is 24.3 Å². The molecule has 0 saturated heterocycles. The van der Waals surface area contributed by atoms with Gasteiger partial charge in [0.2, 0.25) is 12.2 Å². The Labute approximate surface area is 106 Å². The average molecular weight is 247 g/mol. The van der Waals surface area contributed by atoms with E-state index in [0.717, 1.165) is 12.3 Å². The summed E-state index contributed by atoms with van der Waals surface area (Å²) in [6.45, 7) is 5.44. The molecule has 96 valence electrons. The highest BCUT2D eigenvalue weighted by atomic mass is 16.5. The van der Waals surface area contributed by atoms with Crippen LogP contribution in [-0.4, -0.2) is 16.2 Å². The first-order chi connectivity index (χ1) is 8.74. The number of benzene rings is 1. The van der Waals surface area contributed by atoms with Crippen LogP contribution in [0.4, 0.5) is 0 Å². The molecule has 0 saturated carbocycles. The van der Waals surface area contributed by atoms with Gasteiger partial charge < -0.3 is 14.6 Å². The van der Waals surface area contributed by atoms with Gasteiger partial charge in [0.15, 0.2) is 6.61 Å². The van der Waals surface area contributed by atoms with Crippen LogP contribution in [0.25, 0.3) is 0 Å². The molecule has 0 aliphatic heterocycles. The van der Waals surface area contributed by atoms with Gasteiger partial charge in [0.1, 0.15) is 5.75 Å². The molecule has 0 spiro atoms. The van der Waals surface area contributed by atoms with Crippen LogP contribution >= 0.6 is 0 Å². The van der Waals surface area contributed by atoms with Crippen molar-refractivity contribution in [2.24, 2.45) is 0 Å². The Balaban J connectivity index is 1.83. The lowest BCUT2D eigenvalue weighted by Gasteiger charge is -2.09. The predicted octanol–water partition coefficient (Wildman–Crippen LogP) is 2.15. The van der Waals surface area contributed by atoms with Crippen molar-refractivity contribution < 1.29 is 9.26 Å². The maximum atomic E-state index is 5.53. The number of nitrogens with one attached hydrogen (secondary N) is 1. The van der Waals surface area contributed by atoms with Crippen molar-refractivity contribution in [1.29, 1.82) is 0 Å². The highest BCUT2D eigenvalue weighted by molar-refractivity contribution is 5.27.